The van der Waals surface area contributed by atoms with E-state index in [9.17, 15) is 19.2 Å². The van der Waals surface area contributed by atoms with E-state index in [0.717, 1.165) is 15.6 Å². The lowest BCUT2D eigenvalue weighted by molar-refractivity contribution is -0.163. The molecular weight excluding hydrogens is 624 g/mol. The minimum Gasteiger partial charge on any atom is -0.465 e. The standard InChI is InChI=1S/C30H41BrN4O8/c1-5-41-26(42-6-2)18-35(20(3)4)28(37)24(16-21-12-14-23(31)15-13-21)33-27(36)25(17-32-29(38)39)34-30(40)43-19-22-10-8-7-9-11-22/h7-15,20,24-26,32H,5-6,16-19H2,1-4H3,(H,33,36)(H,34,40)(H,38,39). The van der Waals surface area contributed by atoms with Gasteiger partial charge >= 0.3 is 12.2 Å². The average molecular weight is 666 g/mol. The zero-order valence-corrected chi connectivity index (χ0v) is 26.5. The van der Waals surface area contributed by atoms with Crippen LogP contribution in [0.5, 0.6) is 0 Å². The second-order valence-corrected chi connectivity index (χ2v) is 10.7. The van der Waals surface area contributed by atoms with Crippen molar-refractivity contribution in [2.24, 2.45) is 0 Å². The Kier molecular flexibility index (Phi) is 15.5. The molecule has 2 atom stereocenters. The van der Waals surface area contributed by atoms with Crippen LogP contribution in [0.3, 0.4) is 0 Å². The first kappa shape index (κ1) is 35.5. The number of ether oxygens (including phenoxy) is 3. The maximum Gasteiger partial charge on any atom is 0.408 e. The molecule has 0 heterocycles. The molecule has 0 fully saturated rings. The van der Waals surface area contributed by atoms with Crippen molar-refractivity contribution in [1.82, 2.24) is 20.9 Å². The predicted octanol–water partition coefficient (Wildman–Crippen LogP) is 3.68. The zero-order chi connectivity index (χ0) is 31.8. The largest absolute Gasteiger partial charge is 0.465 e. The molecule has 0 aliphatic carbocycles. The van der Waals surface area contributed by atoms with Gasteiger partial charge in [-0.3, -0.25) is 9.59 Å². The van der Waals surface area contributed by atoms with Crippen LogP contribution in [0.4, 0.5) is 9.59 Å². The fourth-order valence-corrected chi connectivity index (χ4v) is 4.34. The Balaban J connectivity index is 2.28. The molecule has 0 aromatic heterocycles. The van der Waals surface area contributed by atoms with Crippen molar-refractivity contribution in [2.45, 2.75) is 65.1 Å². The molecule has 13 heteroatoms. The first-order chi connectivity index (χ1) is 20.5. The molecule has 0 bridgehead atoms. The fraction of sp³-hybridized carbons (Fsp3) is 0.467. The third-order valence-corrected chi connectivity index (χ3v) is 6.73. The molecule has 0 saturated carbocycles. The molecule has 4 N–H and O–H groups in total. The van der Waals surface area contributed by atoms with E-state index < -0.39 is 48.9 Å². The Bertz CT molecular complexity index is 1160. The highest BCUT2D eigenvalue weighted by molar-refractivity contribution is 9.10. The number of amides is 4. The molecule has 2 unspecified atom stereocenters. The number of hydrogen-bond acceptors (Lipinski definition) is 7. The second kappa shape index (κ2) is 18.8. The lowest BCUT2D eigenvalue weighted by Crippen LogP contribution is -2.59. The number of carboxylic acid groups (broad SMARTS) is 1. The van der Waals surface area contributed by atoms with Gasteiger partial charge in [0.2, 0.25) is 11.8 Å². The molecule has 0 aliphatic heterocycles. The summed E-state index contributed by atoms with van der Waals surface area (Å²) < 4.78 is 17.4. The summed E-state index contributed by atoms with van der Waals surface area (Å²) in [6, 6.07) is 13.5. The van der Waals surface area contributed by atoms with E-state index >= 15 is 0 Å². The molecule has 2 aromatic carbocycles. The van der Waals surface area contributed by atoms with Crippen LogP contribution in [0, 0.1) is 0 Å². The molecule has 43 heavy (non-hydrogen) atoms. The zero-order valence-electron chi connectivity index (χ0n) is 24.9. The van der Waals surface area contributed by atoms with E-state index in [1.54, 1.807) is 29.2 Å². The summed E-state index contributed by atoms with van der Waals surface area (Å²) >= 11 is 3.40. The van der Waals surface area contributed by atoms with Gasteiger partial charge in [-0.1, -0.05) is 58.4 Å². The molecule has 4 amide bonds. The van der Waals surface area contributed by atoms with Crippen molar-refractivity contribution >= 4 is 39.9 Å². The molecule has 0 radical (unpaired) electrons. The SMILES string of the molecule is CCOC(CN(C(=O)C(Cc1ccc(Br)cc1)NC(=O)C(CNC(=O)O)NC(=O)OCc1ccccc1)C(C)C)OCC. The molecule has 0 saturated heterocycles. The summed E-state index contributed by atoms with van der Waals surface area (Å²) in [4.78, 5) is 52.8. The van der Waals surface area contributed by atoms with E-state index in [1.165, 1.54) is 0 Å². The van der Waals surface area contributed by atoms with Crippen LogP contribution in [0.15, 0.2) is 59.1 Å². The molecule has 236 valence electrons. The third kappa shape index (κ3) is 13.0. The third-order valence-electron chi connectivity index (χ3n) is 6.20. The topological polar surface area (TPSA) is 156 Å². The number of hydrogen-bond donors (Lipinski definition) is 4. The quantitative estimate of drug-likeness (QED) is 0.187. The van der Waals surface area contributed by atoms with Crippen molar-refractivity contribution < 1.29 is 38.5 Å². The molecule has 2 aromatic rings. The minimum absolute atomic E-state index is 0.0533. The van der Waals surface area contributed by atoms with Gasteiger partial charge in [0.1, 0.15) is 18.7 Å². The van der Waals surface area contributed by atoms with Crippen LogP contribution in [-0.4, -0.2) is 84.7 Å². The molecule has 0 aliphatic rings. The normalized spacial score (nSPS) is 12.3. The summed E-state index contributed by atoms with van der Waals surface area (Å²) in [5, 5.41) is 16.4. The predicted molar refractivity (Wildman–Crippen MR) is 163 cm³/mol. The van der Waals surface area contributed by atoms with Gasteiger partial charge in [0.05, 0.1) is 13.1 Å². The maximum atomic E-state index is 14.0. The number of nitrogens with one attached hydrogen (secondary N) is 3. The van der Waals surface area contributed by atoms with Crippen molar-refractivity contribution in [2.75, 3.05) is 26.3 Å². The Labute approximate surface area is 260 Å². The number of nitrogens with zero attached hydrogens (tertiary/aromatic N) is 1. The van der Waals surface area contributed by atoms with Crippen LogP contribution in [-0.2, 0) is 36.8 Å². The van der Waals surface area contributed by atoms with E-state index in [1.807, 2.05) is 58.0 Å². The van der Waals surface area contributed by atoms with Crippen LogP contribution in [0.1, 0.15) is 38.8 Å². The van der Waals surface area contributed by atoms with Crippen molar-refractivity contribution in [3.63, 3.8) is 0 Å². The Morgan fingerprint density at radius 3 is 2.07 bits per heavy atom. The highest BCUT2D eigenvalue weighted by Crippen LogP contribution is 2.15. The Hall–Kier alpha value is -3.68. The number of carbonyl (C=O) groups is 4. The lowest BCUT2D eigenvalue weighted by Gasteiger charge is -2.34. The highest BCUT2D eigenvalue weighted by Gasteiger charge is 2.32. The number of alkyl carbamates (subject to hydrolysis) is 1. The maximum absolute atomic E-state index is 14.0. The van der Waals surface area contributed by atoms with Gasteiger partial charge in [-0.15, -0.1) is 0 Å². The summed E-state index contributed by atoms with van der Waals surface area (Å²) in [6.45, 7) is 7.72. The summed E-state index contributed by atoms with van der Waals surface area (Å²) in [7, 11) is 0. The van der Waals surface area contributed by atoms with Crippen LogP contribution < -0.4 is 16.0 Å². The first-order valence-electron chi connectivity index (χ1n) is 14.1. The van der Waals surface area contributed by atoms with E-state index in [0.29, 0.717) is 13.2 Å². The minimum atomic E-state index is -1.39. The summed E-state index contributed by atoms with van der Waals surface area (Å²) in [6.07, 6.45) is -2.85. The van der Waals surface area contributed by atoms with E-state index in [2.05, 4.69) is 31.9 Å². The smallest absolute Gasteiger partial charge is 0.408 e. The van der Waals surface area contributed by atoms with Gasteiger partial charge in [0.15, 0.2) is 6.29 Å². The second-order valence-electron chi connectivity index (χ2n) is 9.76. The number of halogens is 1. The van der Waals surface area contributed by atoms with Gasteiger partial charge in [-0.25, -0.2) is 9.59 Å². The molecule has 2 rings (SSSR count). The summed E-state index contributed by atoms with van der Waals surface area (Å²) in [5.74, 6) is -1.16. The molecule has 0 spiro atoms. The highest BCUT2D eigenvalue weighted by atomic mass is 79.9. The average Bonchev–Trinajstić information content (AvgIpc) is 2.97. The fourth-order valence-electron chi connectivity index (χ4n) is 4.08. The number of carbonyl (C=O) groups excluding carboxylic acids is 3. The van der Waals surface area contributed by atoms with Crippen molar-refractivity contribution in [1.29, 1.82) is 0 Å². The van der Waals surface area contributed by atoms with E-state index in [4.69, 9.17) is 19.3 Å². The van der Waals surface area contributed by atoms with E-state index in [-0.39, 0.29) is 25.6 Å². The van der Waals surface area contributed by atoms with Crippen LogP contribution in [0.2, 0.25) is 0 Å². The van der Waals surface area contributed by atoms with Gasteiger partial charge in [-0.05, 0) is 51.0 Å². The van der Waals surface area contributed by atoms with Gasteiger partial charge in [0, 0.05) is 30.1 Å². The first-order valence-corrected chi connectivity index (χ1v) is 14.9. The van der Waals surface area contributed by atoms with Crippen molar-refractivity contribution in [3.8, 4) is 0 Å². The summed E-state index contributed by atoms with van der Waals surface area (Å²) in [5.41, 5.74) is 1.50. The monoisotopic (exact) mass is 664 g/mol. The molecular formula is C30H41BrN4O8. The number of benzene rings is 2. The van der Waals surface area contributed by atoms with Crippen molar-refractivity contribution in [3.05, 3.63) is 70.2 Å². The molecule has 12 nitrogen and oxygen atoms in total. The Morgan fingerprint density at radius 2 is 1.51 bits per heavy atom. The van der Waals surface area contributed by atoms with Crippen LogP contribution in [0.25, 0.3) is 0 Å². The van der Waals surface area contributed by atoms with Gasteiger partial charge in [-0.2, -0.15) is 0 Å². The van der Waals surface area contributed by atoms with Gasteiger partial charge in [0.25, 0.3) is 0 Å². The van der Waals surface area contributed by atoms with Crippen LogP contribution >= 0.6 is 15.9 Å². The lowest BCUT2D eigenvalue weighted by atomic mass is 10.0. The Morgan fingerprint density at radius 1 is 0.884 bits per heavy atom. The van der Waals surface area contributed by atoms with Gasteiger partial charge < -0.3 is 40.2 Å². The number of rotatable bonds is 17.